The summed E-state index contributed by atoms with van der Waals surface area (Å²) in [5.74, 6) is -2.75. The van der Waals surface area contributed by atoms with Crippen LogP contribution in [0.15, 0.2) is 54.6 Å². The molecule has 0 aliphatic rings. The molecule has 0 saturated heterocycles. The molecule has 0 spiro atoms. The summed E-state index contributed by atoms with van der Waals surface area (Å²) in [5.41, 5.74) is 2.65. The van der Waals surface area contributed by atoms with Crippen LogP contribution < -0.4 is 0 Å². The van der Waals surface area contributed by atoms with Crippen molar-refractivity contribution in [3.63, 3.8) is 0 Å². The zero-order chi connectivity index (χ0) is 28.0. The molecule has 0 amide bonds. The second-order valence-electron chi connectivity index (χ2n) is 11.0. The summed E-state index contributed by atoms with van der Waals surface area (Å²) in [6, 6.07) is 17.8. The van der Waals surface area contributed by atoms with Gasteiger partial charge >= 0.3 is 17.9 Å². The lowest BCUT2D eigenvalue weighted by Crippen LogP contribution is -2.31. The van der Waals surface area contributed by atoms with Gasteiger partial charge in [-0.1, -0.05) is 74.4 Å². The van der Waals surface area contributed by atoms with E-state index in [4.69, 9.17) is 9.47 Å². The minimum Gasteiger partial charge on any atom is -0.481 e. The van der Waals surface area contributed by atoms with E-state index in [1.807, 2.05) is 51.1 Å². The van der Waals surface area contributed by atoms with Crippen molar-refractivity contribution in [1.82, 2.24) is 0 Å². The van der Waals surface area contributed by atoms with E-state index in [-0.39, 0.29) is 31.4 Å². The van der Waals surface area contributed by atoms with E-state index >= 15 is 0 Å². The molecule has 208 valence electrons. The van der Waals surface area contributed by atoms with E-state index in [9.17, 15) is 19.5 Å². The Morgan fingerprint density at radius 3 is 2.03 bits per heavy atom. The molecule has 0 aliphatic heterocycles. The molecule has 0 fully saturated rings. The van der Waals surface area contributed by atoms with E-state index in [2.05, 4.69) is 31.2 Å². The molecule has 2 aromatic rings. The zero-order valence-corrected chi connectivity index (χ0v) is 23.4. The van der Waals surface area contributed by atoms with Gasteiger partial charge in [-0.05, 0) is 76.0 Å². The smallest absolute Gasteiger partial charge is 0.309 e. The van der Waals surface area contributed by atoms with Gasteiger partial charge in [0.05, 0.1) is 11.8 Å². The Kier molecular flexibility index (Phi) is 13.0. The fourth-order valence-corrected chi connectivity index (χ4v) is 4.38. The van der Waals surface area contributed by atoms with Crippen LogP contribution in [0.1, 0.15) is 89.3 Å². The predicted molar refractivity (Wildman–Crippen MR) is 149 cm³/mol. The van der Waals surface area contributed by atoms with Gasteiger partial charge in [0.2, 0.25) is 0 Å². The number of hydrogen-bond donors (Lipinski definition) is 1. The van der Waals surface area contributed by atoms with Crippen molar-refractivity contribution < 1.29 is 29.0 Å². The Morgan fingerprint density at radius 2 is 1.45 bits per heavy atom. The van der Waals surface area contributed by atoms with Crippen molar-refractivity contribution in [3.8, 4) is 0 Å². The normalized spacial score (nSPS) is 12.9. The van der Waals surface area contributed by atoms with Crippen LogP contribution in [0.3, 0.4) is 0 Å². The fourth-order valence-electron chi connectivity index (χ4n) is 4.38. The second kappa shape index (κ2) is 16.0. The first-order valence-corrected chi connectivity index (χ1v) is 13.8. The SMILES string of the molecule is CCCc1ccc(CCC(CC(CCCCC(=O)OCc2ccccc2)C(=O)OC(C)(C)C)C(=O)O)cc1. The molecule has 1 N–H and O–H groups in total. The van der Waals surface area contributed by atoms with Crippen molar-refractivity contribution in [1.29, 1.82) is 0 Å². The van der Waals surface area contributed by atoms with Gasteiger partial charge in [-0.3, -0.25) is 14.4 Å². The molecular weight excluding hydrogens is 480 g/mol. The topological polar surface area (TPSA) is 89.9 Å². The van der Waals surface area contributed by atoms with Crippen LogP contribution >= 0.6 is 0 Å². The second-order valence-corrected chi connectivity index (χ2v) is 11.0. The van der Waals surface area contributed by atoms with Crippen molar-refractivity contribution in [2.24, 2.45) is 11.8 Å². The molecule has 38 heavy (non-hydrogen) atoms. The molecule has 0 bridgehead atoms. The molecule has 2 atom stereocenters. The van der Waals surface area contributed by atoms with Gasteiger partial charge in [0, 0.05) is 6.42 Å². The molecular formula is C32H44O6. The molecule has 2 aromatic carbocycles. The summed E-state index contributed by atoms with van der Waals surface area (Å²) in [6.45, 7) is 7.80. The van der Waals surface area contributed by atoms with Crippen LogP contribution in [0.2, 0.25) is 0 Å². The highest BCUT2D eigenvalue weighted by molar-refractivity contribution is 5.75. The van der Waals surface area contributed by atoms with Gasteiger partial charge in [0.25, 0.3) is 0 Å². The summed E-state index contributed by atoms with van der Waals surface area (Å²) in [5, 5.41) is 9.91. The maximum atomic E-state index is 13.0. The molecule has 6 nitrogen and oxygen atoms in total. The fraction of sp³-hybridized carbons (Fsp3) is 0.531. The summed E-state index contributed by atoms with van der Waals surface area (Å²) in [6.07, 6.45) is 5.31. The van der Waals surface area contributed by atoms with Crippen LogP contribution in [-0.2, 0) is 43.3 Å². The van der Waals surface area contributed by atoms with Gasteiger partial charge in [-0.2, -0.15) is 0 Å². The number of hydrogen-bond acceptors (Lipinski definition) is 5. The third-order valence-electron chi connectivity index (χ3n) is 6.43. The number of benzene rings is 2. The summed E-state index contributed by atoms with van der Waals surface area (Å²) in [4.78, 5) is 37.2. The van der Waals surface area contributed by atoms with Crippen molar-refractivity contribution >= 4 is 17.9 Å². The molecule has 0 radical (unpaired) electrons. The third-order valence-corrected chi connectivity index (χ3v) is 6.43. The first-order valence-electron chi connectivity index (χ1n) is 13.8. The zero-order valence-electron chi connectivity index (χ0n) is 23.4. The number of carbonyl (C=O) groups excluding carboxylic acids is 2. The van der Waals surface area contributed by atoms with Crippen LogP contribution in [0, 0.1) is 11.8 Å². The average Bonchev–Trinajstić information content (AvgIpc) is 2.87. The summed E-state index contributed by atoms with van der Waals surface area (Å²) < 4.78 is 11.0. The monoisotopic (exact) mass is 524 g/mol. The van der Waals surface area contributed by atoms with E-state index < -0.39 is 23.4 Å². The Bertz CT molecular complexity index is 991. The van der Waals surface area contributed by atoms with Crippen molar-refractivity contribution in [3.05, 3.63) is 71.3 Å². The lowest BCUT2D eigenvalue weighted by atomic mass is 9.86. The molecule has 0 aromatic heterocycles. The van der Waals surface area contributed by atoms with Crippen LogP contribution in [0.5, 0.6) is 0 Å². The Hall–Kier alpha value is -3.15. The highest BCUT2D eigenvalue weighted by Gasteiger charge is 2.30. The van der Waals surface area contributed by atoms with Crippen LogP contribution in [0.25, 0.3) is 0 Å². The molecule has 2 unspecified atom stereocenters. The van der Waals surface area contributed by atoms with Gasteiger partial charge in [-0.15, -0.1) is 0 Å². The lowest BCUT2D eigenvalue weighted by Gasteiger charge is -2.25. The molecule has 0 heterocycles. The summed E-state index contributed by atoms with van der Waals surface area (Å²) >= 11 is 0. The first-order chi connectivity index (χ1) is 18.1. The van der Waals surface area contributed by atoms with Gasteiger partial charge in [0.15, 0.2) is 0 Å². The molecule has 0 aliphatic carbocycles. The largest absolute Gasteiger partial charge is 0.481 e. The number of unbranched alkanes of at least 4 members (excludes halogenated alkanes) is 1. The maximum absolute atomic E-state index is 13.0. The Morgan fingerprint density at radius 1 is 0.816 bits per heavy atom. The van der Waals surface area contributed by atoms with E-state index in [1.54, 1.807) is 0 Å². The van der Waals surface area contributed by atoms with E-state index in [0.29, 0.717) is 32.1 Å². The molecule has 0 saturated carbocycles. The predicted octanol–water partition coefficient (Wildman–Crippen LogP) is 6.92. The molecule has 6 heteroatoms. The average molecular weight is 525 g/mol. The number of rotatable bonds is 16. The quantitative estimate of drug-likeness (QED) is 0.189. The minimum atomic E-state index is -0.898. The van der Waals surface area contributed by atoms with Gasteiger partial charge in [-0.25, -0.2) is 0 Å². The summed E-state index contributed by atoms with van der Waals surface area (Å²) in [7, 11) is 0. The van der Waals surface area contributed by atoms with E-state index in [1.165, 1.54) is 5.56 Å². The first kappa shape index (κ1) is 31.1. The number of carbonyl (C=O) groups is 3. The minimum absolute atomic E-state index is 0.219. The Balaban J connectivity index is 1.91. The standard InChI is InChI=1S/C32H44O6/c1-5-11-24-16-18-25(19-17-24)20-21-27(30(34)35)22-28(31(36)38-32(2,3)4)14-9-10-15-29(33)37-23-26-12-7-6-8-13-26/h6-8,12-13,16-19,27-28H,5,9-11,14-15,20-23H2,1-4H3,(H,34,35). The number of aliphatic carboxylic acids is 1. The lowest BCUT2D eigenvalue weighted by molar-refractivity contribution is -0.161. The van der Waals surface area contributed by atoms with E-state index in [0.717, 1.165) is 24.0 Å². The van der Waals surface area contributed by atoms with Crippen molar-refractivity contribution in [2.75, 3.05) is 0 Å². The molecule has 2 rings (SSSR count). The van der Waals surface area contributed by atoms with Gasteiger partial charge in [0.1, 0.15) is 12.2 Å². The number of aryl methyl sites for hydroxylation is 2. The number of ether oxygens (including phenoxy) is 2. The highest BCUT2D eigenvalue weighted by atomic mass is 16.6. The maximum Gasteiger partial charge on any atom is 0.309 e. The Labute approximate surface area is 227 Å². The third kappa shape index (κ3) is 12.4. The van der Waals surface area contributed by atoms with Gasteiger partial charge < -0.3 is 14.6 Å². The number of esters is 2. The highest BCUT2D eigenvalue weighted by Crippen LogP contribution is 2.26. The number of carboxylic acids is 1. The van der Waals surface area contributed by atoms with Crippen LogP contribution in [-0.4, -0.2) is 28.6 Å². The van der Waals surface area contributed by atoms with Crippen LogP contribution in [0.4, 0.5) is 0 Å². The number of carboxylic acid groups (broad SMARTS) is 1. The van der Waals surface area contributed by atoms with Crippen molar-refractivity contribution in [2.45, 2.75) is 97.7 Å².